The van der Waals surface area contributed by atoms with Crippen molar-refractivity contribution in [2.75, 3.05) is 30.5 Å². The highest BCUT2D eigenvalue weighted by molar-refractivity contribution is 7.90. The van der Waals surface area contributed by atoms with E-state index in [9.17, 15) is 13.5 Å². The predicted molar refractivity (Wildman–Crippen MR) is 71.2 cm³/mol. The maximum absolute atomic E-state index is 11.4. The molecule has 0 radical (unpaired) electrons. The van der Waals surface area contributed by atoms with E-state index < -0.39 is 9.84 Å². The van der Waals surface area contributed by atoms with Crippen LogP contribution in [0.2, 0.25) is 0 Å². The van der Waals surface area contributed by atoms with Gasteiger partial charge in [0.15, 0.2) is 9.84 Å². The topological polar surface area (TPSA) is 92.4 Å². The van der Waals surface area contributed by atoms with Gasteiger partial charge >= 0.3 is 0 Å². The minimum atomic E-state index is -3.23. The second kappa shape index (κ2) is 4.44. The molecule has 0 bridgehead atoms. The number of aliphatic hydroxyl groups is 1. The Labute approximate surface area is 107 Å². The molecule has 4 N–H and O–H groups in total. The van der Waals surface area contributed by atoms with Crippen molar-refractivity contribution in [3.05, 3.63) is 18.2 Å². The average molecular weight is 270 g/mol. The van der Waals surface area contributed by atoms with Gasteiger partial charge in [-0.1, -0.05) is 0 Å². The third-order valence-corrected chi connectivity index (χ3v) is 4.51. The lowest BCUT2D eigenvalue weighted by Crippen LogP contribution is -2.19. The van der Waals surface area contributed by atoms with Crippen LogP contribution in [0.1, 0.15) is 12.8 Å². The maximum Gasteiger partial charge on any atom is 0.175 e. The lowest BCUT2D eigenvalue weighted by molar-refractivity contribution is 0.220. The number of anilines is 2. The van der Waals surface area contributed by atoms with E-state index in [0.29, 0.717) is 17.9 Å². The van der Waals surface area contributed by atoms with Gasteiger partial charge in [-0.2, -0.15) is 0 Å². The SMILES string of the molecule is CS(=O)(=O)c1ccc(NCC2(CO)CC2)c(N)c1. The van der Waals surface area contributed by atoms with Crippen molar-refractivity contribution in [1.82, 2.24) is 0 Å². The summed E-state index contributed by atoms with van der Waals surface area (Å²) in [6.07, 6.45) is 3.18. The number of nitrogen functional groups attached to an aromatic ring is 1. The summed E-state index contributed by atoms with van der Waals surface area (Å²) in [6, 6.07) is 4.65. The van der Waals surface area contributed by atoms with Gasteiger partial charge in [-0.15, -0.1) is 0 Å². The van der Waals surface area contributed by atoms with Gasteiger partial charge in [0.25, 0.3) is 0 Å². The lowest BCUT2D eigenvalue weighted by Gasteiger charge is -2.15. The summed E-state index contributed by atoms with van der Waals surface area (Å²) >= 11 is 0. The fraction of sp³-hybridized carbons (Fsp3) is 0.500. The first-order valence-electron chi connectivity index (χ1n) is 5.81. The van der Waals surface area contributed by atoms with Crippen LogP contribution in [-0.2, 0) is 9.84 Å². The highest BCUT2D eigenvalue weighted by Gasteiger charge is 2.41. The summed E-state index contributed by atoms with van der Waals surface area (Å²) < 4.78 is 22.7. The van der Waals surface area contributed by atoms with Gasteiger partial charge in [0.05, 0.1) is 22.9 Å². The molecule has 0 aliphatic heterocycles. The second-order valence-corrected chi connectivity index (χ2v) is 7.05. The molecular weight excluding hydrogens is 252 g/mol. The third-order valence-electron chi connectivity index (χ3n) is 3.40. The Morgan fingerprint density at radius 2 is 2.11 bits per heavy atom. The molecule has 5 nitrogen and oxygen atoms in total. The Morgan fingerprint density at radius 3 is 2.56 bits per heavy atom. The van der Waals surface area contributed by atoms with Crippen LogP contribution in [0.3, 0.4) is 0 Å². The number of hydrogen-bond acceptors (Lipinski definition) is 5. The minimum Gasteiger partial charge on any atom is -0.397 e. The summed E-state index contributed by atoms with van der Waals surface area (Å²) in [7, 11) is -3.23. The van der Waals surface area contributed by atoms with E-state index in [4.69, 9.17) is 5.73 Å². The molecule has 0 amide bonds. The van der Waals surface area contributed by atoms with Gasteiger partial charge in [0.1, 0.15) is 0 Å². The second-order valence-electron chi connectivity index (χ2n) is 5.03. The van der Waals surface area contributed by atoms with Crippen molar-refractivity contribution < 1.29 is 13.5 Å². The van der Waals surface area contributed by atoms with Gasteiger partial charge in [0.2, 0.25) is 0 Å². The van der Waals surface area contributed by atoms with Crippen molar-refractivity contribution in [3.63, 3.8) is 0 Å². The average Bonchev–Trinajstić information content (AvgIpc) is 3.07. The quantitative estimate of drug-likeness (QED) is 0.690. The highest BCUT2D eigenvalue weighted by Crippen LogP contribution is 2.45. The number of nitrogens with one attached hydrogen (secondary N) is 1. The smallest absolute Gasteiger partial charge is 0.175 e. The summed E-state index contributed by atoms with van der Waals surface area (Å²) in [6.45, 7) is 0.827. The molecular formula is C12H18N2O3S. The number of rotatable bonds is 5. The molecule has 0 saturated heterocycles. The van der Waals surface area contributed by atoms with Crippen molar-refractivity contribution in [3.8, 4) is 0 Å². The highest BCUT2D eigenvalue weighted by atomic mass is 32.2. The molecule has 0 aromatic heterocycles. The summed E-state index contributed by atoms with van der Waals surface area (Å²) in [5.74, 6) is 0. The zero-order chi connectivity index (χ0) is 13.4. The zero-order valence-corrected chi connectivity index (χ0v) is 11.1. The lowest BCUT2D eigenvalue weighted by atomic mass is 10.1. The molecule has 0 unspecified atom stereocenters. The van der Waals surface area contributed by atoms with E-state index in [-0.39, 0.29) is 16.9 Å². The van der Waals surface area contributed by atoms with Gasteiger partial charge in [0, 0.05) is 18.2 Å². The van der Waals surface area contributed by atoms with E-state index in [1.54, 1.807) is 6.07 Å². The van der Waals surface area contributed by atoms with Crippen LogP contribution in [0, 0.1) is 5.41 Å². The largest absolute Gasteiger partial charge is 0.397 e. The standard InChI is InChI=1S/C12H18N2O3S/c1-18(16,17)9-2-3-11(10(13)6-9)14-7-12(8-15)4-5-12/h2-3,6,14-15H,4-5,7-8,13H2,1H3. The Morgan fingerprint density at radius 1 is 1.44 bits per heavy atom. The molecule has 1 aliphatic rings. The van der Waals surface area contributed by atoms with Crippen LogP contribution in [0.5, 0.6) is 0 Å². The van der Waals surface area contributed by atoms with Crippen LogP contribution in [0.4, 0.5) is 11.4 Å². The summed E-state index contributed by atoms with van der Waals surface area (Å²) in [4.78, 5) is 0.217. The zero-order valence-electron chi connectivity index (χ0n) is 10.3. The molecule has 0 atom stereocenters. The minimum absolute atomic E-state index is 0.0120. The van der Waals surface area contributed by atoms with Crippen LogP contribution in [0.15, 0.2) is 23.1 Å². The molecule has 2 rings (SSSR count). The molecule has 1 fully saturated rings. The number of nitrogens with two attached hydrogens (primary N) is 1. The predicted octanol–water partition coefficient (Wildman–Crippen LogP) is 0.857. The Balaban J connectivity index is 2.11. The Bertz CT molecular complexity index is 550. The molecule has 1 saturated carbocycles. The van der Waals surface area contributed by atoms with E-state index in [2.05, 4.69) is 5.32 Å². The van der Waals surface area contributed by atoms with Crippen LogP contribution < -0.4 is 11.1 Å². The monoisotopic (exact) mass is 270 g/mol. The van der Waals surface area contributed by atoms with E-state index in [1.807, 2.05) is 0 Å². The molecule has 0 spiro atoms. The van der Waals surface area contributed by atoms with Gasteiger partial charge < -0.3 is 16.2 Å². The summed E-state index contributed by atoms with van der Waals surface area (Å²) in [5.41, 5.74) is 6.93. The Kier molecular flexibility index (Phi) is 3.25. The van der Waals surface area contributed by atoms with Crippen LogP contribution >= 0.6 is 0 Å². The maximum atomic E-state index is 11.4. The molecule has 1 aromatic rings. The first-order valence-corrected chi connectivity index (χ1v) is 7.70. The first-order chi connectivity index (χ1) is 8.36. The van der Waals surface area contributed by atoms with Crippen molar-refractivity contribution >= 4 is 21.2 Å². The summed E-state index contributed by atoms with van der Waals surface area (Å²) in [5, 5.41) is 12.4. The van der Waals surface area contributed by atoms with E-state index in [0.717, 1.165) is 19.1 Å². The van der Waals surface area contributed by atoms with Crippen molar-refractivity contribution in [1.29, 1.82) is 0 Å². The number of sulfone groups is 1. The third kappa shape index (κ3) is 2.76. The molecule has 100 valence electrons. The first kappa shape index (κ1) is 13.2. The van der Waals surface area contributed by atoms with Crippen LogP contribution in [0.25, 0.3) is 0 Å². The van der Waals surface area contributed by atoms with Crippen molar-refractivity contribution in [2.45, 2.75) is 17.7 Å². The molecule has 1 aromatic carbocycles. The number of hydrogen-bond donors (Lipinski definition) is 3. The van der Waals surface area contributed by atoms with E-state index in [1.165, 1.54) is 12.1 Å². The number of benzene rings is 1. The van der Waals surface area contributed by atoms with Crippen LogP contribution in [-0.4, -0.2) is 32.9 Å². The Hall–Kier alpha value is -1.27. The fourth-order valence-corrected chi connectivity index (χ4v) is 2.44. The molecule has 6 heteroatoms. The van der Waals surface area contributed by atoms with E-state index >= 15 is 0 Å². The molecule has 18 heavy (non-hydrogen) atoms. The molecule has 0 heterocycles. The fourth-order valence-electron chi connectivity index (χ4n) is 1.78. The van der Waals surface area contributed by atoms with Crippen molar-refractivity contribution in [2.24, 2.45) is 5.41 Å². The molecule has 1 aliphatic carbocycles. The van der Waals surface area contributed by atoms with Gasteiger partial charge in [-0.05, 0) is 31.0 Å². The van der Waals surface area contributed by atoms with Gasteiger partial charge in [-0.3, -0.25) is 0 Å². The normalized spacial score (nSPS) is 17.4. The number of aliphatic hydroxyl groups excluding tert-OH is 1. The van der Waals surface area contributed by atoms with Gasteiger partial charge in [-0.25, -0.2) is 8.42 Å².